The summed E-state index contributed by atoms with van der Waals surface area (Å²) in [5.74, 6) is 0.451. The molecule has 0 aliphatic rings. The van der Waals surface area contributed by atoms with Crippen LogP contribution in [-0.2, 0) is 4.79 Å². The molecule has 14 heavy (non-hydrogen) atoms. The molecule has 0 atom stereocenters. The van der Waals surface area contributed by atoms with Gasteiger partial charge in [0.1, 0.15) is 16.7 Å². The predicted octanol–water partition coefficient (Wildman–Crippen LogP) is 0.916. The Morgan fingerprint density at radius 2 is 2.36 bits per heavy atom. The number of anilines is 1. The lowest BCUT2D eigenvalue weighted by Crippen LogP contribution is -2.13. The Balaban J connectivity index is 2.28. The van der Waals surface area contributed by atoms with E-state index in [4.69, 9.17) is 5.73 Å². The Kier molecular flexibility index (Phi) is 4.31. The van der Waals surface area contributed by atoms with Crippen molar-refractivity contribution in [3.8, 4) is 0 Å². The van der Waals surface area contributed by atoms with E-state index in [1.54, 1.807) is 6.07 Å². The molecule has 1 aromatic rings. The van der Waals surface area contributed by atoms with E-state index >= 15 is 0 Å². The molecule has 0 unspecified atom stereocenters. The van der Waals surface area contributed by atoms with Crippen molar-refractivity contribution in [1.82, 2.24) is 9.97 Å². The maximum Gasteiger partial charge on any atom is 0.217 e. The van der Waals surface area contributed by atoms with E-state index in [1.165, 1.54) is 6.33 Å². The minimum atomic E-state index is -0.282. The van der Waals surface area contributed by atoms with E-state index in [0.29, 0.717) is 19.4 Å². The van der Waals surface area contributed by atoms with Crippen molar-refractivity contribution in [2.45, 2.75) is 12.8 Å². The summed E-state index contributed by atoms with van der Waals surface area (Å²) in [7, 11) is 0. The first kappa shape index (κ1) is 10.9. The highest BCUT2D eigenvalue weighted by Gasteiger charge is 1.96. The van der Waals surface area contributed by atoms with Gasteiger partial charge >= 0.3 is 0 Å². The van der Waals surface area contributed by atoms with E-state index in [1.807, 2.05) is 0 Å². The smallest absolute Gasteiger partial charge is 0.217 e. The van der Waals surface area contributed by atoms with Crippen LogP contribution in [0.4, 0.5) is 5.82 Å². The molecule has 0 saturated heterocycles. The summed E-state index contributed by atoms with van der Waals surface area (Å²) in [6.45, 7) is 0.673. The van der Waals surface area contributed by atoms with Crippen molar-refractivity contribution < 1.29 is 4.79 Å². The van der Waals surface area contributed by atoms with Crippen molar-refractivity contribution in [2.75, 3.05) is 11.9 Å². The van der Waals surface area contributed by atoms with Gasteiger partial charge in [-0.25, -0.2) is 9.97 Å². The highest BCUT2D eigenvalue weighted by Crippen LogP contribution is 2.09. The van der Waals surface area contributed by atoms with Crippen molar-refractivity contribution >= 4 is 27.7 Å². The summed E-state index contributed by atoms with van der Waals surface area (Å²) in [5, 5.41) is 3.05. The van der Waals surface area contributed by atoms with Crippen LogP contribution in [-0.4, -0.2) is 22.4 Å². The van der Waals surface area contributed by atoms with Gasteiger partial charge in [0.25, 0.3) is 0 Å². The van der Waals surface area contributed by atoms with Gasteiger partial charge in [-0.1, -0.05) is 0 Å². The molecule has 1 amide bonds. The standard InChI is InChI=1S/C8H11BrN4O/c9-6-4-8(13-5-12-6)11-3-1-2-7(10)14/h4-5H,1-3H2,(H2,10,14)(H,11,12,13). The van der Waals surface area contributed by atoms with Crippen LogP contribution in [0, 0.1) is 0 Å². The summed E-state index contributed by atoms with van der Waals surface area (Å²) in [5.41, 5.74) is 5.00. The zero-order valence-corrected chi connectivity index (χ0v) is 9.12. The molecule has 3 N–H and O–H groups in total. The molecule has 1 rings (SSSR count). The van der Waals surface area contributed by atoms with Gasteiger partial charge in [0, 0.05) is 19.0 Å². The molecular weight excluding hydrogens is 248 g/mol. The van der Waals surface area contributed by atoms with Crippen LogP contribution < -0.4 is 11.1 Å². The highest BCUT2D eigenvalue weighted by atomic mass is 79.9. The number of carbonyl (C=O) groups excluding carboxylic acids is 1. The number of nitrogens with one attached hydrogen (secondary N) is 1. The average Bonchev–Trinajstić information content (AvgIpc) is 2.12. The Morgan fingerprint density at radius 3 is 3.00 bits per heavy atom. The first-order valence-corrected chi connectivity index (χ1v) is 4.97. The monoisotopic (exact) mass is 258 g/mol. The van der Waals surface area contributed by atoms with Crippen LogP contribution in [0.25, 0.3) is 0 Å². The lowest BCUT2D eigenvalue weighted by Gasteiger charge is -2.03. The maximum absolute atomic E-state index is 10.4. The average molecular weight is 259 g/mol. The molecule has 0 radical (unpaired) electrons. The van der Waals surface area contributed by atoms with E-state index in [-0.39, 0.29) is 5.91 Å². The molecule has 5 nitrogen and oxygen atoms in total. The second-order valence-corrected chi connectivity index (χ2v) is 3.54. The summed E-state index contributed by atoms with van der Waals surface area (Å²) >= 11 is 3.23. The van der Waals surface area contributed by atoms with Gasteiger partial charge in [-0.15, -0.1) is 0 Å². The molecule has 0 aliphatic heterocycles. The Hall–Kier alpha value is -1.17. The van der Waals surface area contributed by atoms with Crippen molar-refractivity contribution in [3.63, 3.8) is 0 Å². The second kappa shape index (κ2) is 5.54. The molecule has 0 saturated carbocycles. The zero-order valence-electron chi connectivity index (χ0n) is 7.53. The Labute approximate surface area is 90.2 Å². The number of halogens is 1. The molecule has 1 heterocycles. The molecule has 0 bridgehead atoms. The number of primary amides is 1. The van der Waals surface area contributed by atoms with Gasteiger partial charge in [-0.3, -0.25) is 4.79 Å². The number of aromatic nitrogens is 2. The first-order valence-electron chi connectivity index (χ1n) is 4.18. The number of rotatable bonds is 5. The number of carbonyl (C=O) groups is 1. The van der Waals surface area contributed by atoms with Crippen LogP contribution >= 0.6 is 15.9 Å². The summed E-state index contributed by atoms with van der Waals surface area (Å²) in [6, 6.07) is 1.77. The normalized spacial score (nSPS) is 9.79. The van der Waals surface area contributed by atoms with Crippen molar-refractivity contribution in [2.24, 2.45) is 5.73 Å². The van der Waals surface area contributed by atoms with Gasteiger partial charge < -0.3 is 11.1 Å². The van der Waals surface area contributed by atoms with Crippen LogP contribution in [0.1, 0.15) is 12.8 Å². The molecule has 0 fully saturated rings. The van der Waals surface area contributed by atoms with Crippen LogP contribution in [0.15, 0.2) is 17.0 Å². The van der Waals surface area contributed by atoms with Crippen molar-refractivity contribution in [1.29, 1.82) is 0 Å². The van der Waals surface area contributed by atoms with Crippen LogP contribution in [0.3, 0.4) is 0 Å². The number of hydrogen-bond acceptors (Lipinski definition) is 4. The lowest BCUT2D eigenvalue weighted by atomic mass is 10.3. The molecular formula is C8H11BrN4O. The second-order valence-electron chi connectivity index (χ2n) is 2.72. The maximum atomic E-state index is 10.4. The van der Waals surface area contributed by atoms with Crippen LogP contribution in [0.2, 0.25) is 0 Å². The first-order chi connectivity index (χ1) is 6.68. The van der Waals surface area contributed by atoms with Crippen LogP contribution in [0.5, 0.6) is 0 Å². The van der Waals surface area contributed by atoms with E-state index in [0.717, 1.165) is 10.4 Å². The third kappa shape index (κ3) is 4.18. The molecule has 1 aromatic heterocycles. The Bertz CT molecular complexity index is 318. The van der Waals surface area contributed by atoms with Crippen molar-refractivity contribution in [3.05, 3.63) is 17.0 Å². The number of amides is 1. The molecule has 0 aromatic carbocycles. The van der Waals surface area contributed by atoms with E-state index < -0.39 is 0 Å². The summed E-state index contributed by atoms with van der Waals surface area (Å²) in [6.07, 6.45) is 2.55. The lowest BCUT2D eigenvalue weighted by molar-refractivity contribution is -0.118. The van der Waals surface area contributed by atoms with Gasteiger partial charge in [0.2, 0.25) is 5.91 Å². The largest absolute Gasteiger partial charge is 0.370 e. The topological polar surface area (TPSA) is 80.9 Å². The molecule has 0 spiro atoms. The molecule has 0 aliphatic carbocycles. The fourth-order valence-corrected chi connectivity index (χ4v) is 1.22. The van der Waals surface area contributed by atoms with Gasteiger partial charge in [-0.2, -0.15) is 0 Å². The third-order valence-corrected chi connectivity index (χ3v) is 1.97. The Morgan fingerprint density at radius 1 is 1.57 bits per heavy atom. The number of nitrogens with two attached hydrogens (primary N) is 1. The third-order valence-electron chi connectivity index (χ3n) is 1.54. The SMILES string of the molecule is NC(=O)CCCNc1cc(Br)ncn1. The summed E-state index contributed by atoms with van der Waals surface area (Å²) in [4.78, 5) is 18.3. The van der Waals surface area contributed by atoms with Gasteiger partial charge in [0.15, 0.2) is 0 Å². The molecule has 6 heteroatoms. The van der Waals surface area contributed by atoms with E-state index in [9.17, 15) is 4.79 Å². The van der Waals surface area contributed by atoms with Gasteiger partial charge in [-0.05, 0) is 22.4 Å². The minimum absolute atomic E-state index is 0.282. The quantitative estimate of drug-likeness (QED) is 0.608. The predicted molar refractivity (Wildman–Crippen MR) is 56.7 cm³/mol. The summed E-state index contributed by atoms with van der Waals surface area (Å²) < 4.78 is 0.727. The van der Waals surface area contributed by atoms with E-state index in [2.05, 4.69) is 31.2 Å². The highest BCUT2D eigenvalue weighted by molar-refractivity contribution is 9.10. The minimum Gasteiger partial charge on any atom is -0.370 e. The number of nitrogens with zero attached hydrogens (tertiary/aromatic N) is 2. The van der Waals surface area contributed by atoms with Gasteiger partial charge in [0.05, 0.1) is 0 Å². The molecule has 76 valence electrons. The fourth-order valence-electron chi connectivity index (χ4n) is 0.909. The zero-order chi connectivity index (χ0) is 10.4. The number of hydrogen-bond donors (Lipinski definition) is 2. The fraction of sp³-hybridized carbons (Fsp3) is 0.375.